The van der Waals surface area contributed by atoms with Crippen LogP contribution in [0.15, 0.2) is 12.2 Å². The standard InChI is InChI=1S/C76H113F9N12O12/c1-9-44(2)63-71(107)90(4)43-61(100)91(5)54-21-11-10-16-34-96(70(54)106)58(38-46-24-27-49(28-25-46)75(80,81)82)68(104)89(3)42-59(98)86-53(29-26-47-35-51(78)62(52(79)36-47)76(83,84)85)67(103)97-41-50(77)39-56(97)66(102)88-74(30-14-15-31-74)73(109)94(8)64(48-19-12-13-20-48)72(108)93(7)57(69(105)95-32-17-18-33-95)40-60(99)92(6)55(65(101)87-63)37-45-22-23-45/h10-11,44-58,62-64H,9,12-43H2,1-8H3,(H,86,98)(H,87,101)(H,88,102)/b11-10-/t44-,46?,47?,49?,50+,51?,52?,53-,54-,55-,56-,57-,58-,62?,63-,64-/m0/s1. The third-order valence-electron chi connectivity index (χ3n) is 25.3. The molecule has 33 heteroatoms. The van der Waals surface area contributed by atoms with Crippen molar-refractivity contribution in [1.82, 2.24) is 60.0 Å². The first-order valence-electron chi connectivity index (χ1n) is 39.4. The minimum absolute atomic E-state index is 0.00219. The van der Waals surface area contributed by atoms with Gasteiger partial charge in [0.1, 0.15) is 78.3 Å². The topological polar surface area (TPSA) is 270 Å². The van der Waals surface area contributed by atoms with Crippen LogP contribution in [0.3, 0.4) is 0 Å². The summed E-state index contributed by atoms with van der Waals surface area (Å²) in [5.41, 5.74) is -1.79. The lowest BCUT2D eigenvalue weighted by Crippen LogP contribution is -2.65. The van der Waals surface area contributed by atoms with Crippen LogP contribution in [0.25, 0.3) is 0 Å². The second-order valence-electron chi connectivity index (χ2n) is 32.9. The quantitative estimate of drug-likeness (QED) is 0.140. The molecule has 3 saturated heterocycles. The Hall–Kier alpha value is -7.25. The number of nitrogens with one attached hydrogen (secondary N) is 3. The van der Waals surface area contributed by atoms with E-state index in [1.165, 1.54) is 61.9 Å². The molecule has 0 aromatic heterocycles. The van der Waals surface area contributed by atoms with E-state index in [9.17, 15) is 50.3 Å². The third kappa shape index (κ3) is 20.5. The van der Waals surface area contributed by atoms with Gasteiger partial charge >= 0.3 is 12.4 Å². The second-order valence-corrected chi connectivity index (χ2v) is 32.9. The van der Waals surface area contributed by atoms with Crippen LogP contribution < -0.4 is 16.0 Å². The van der Waals surface area contributed by atoms with Crippen LogP contribution in [0.5, 0.6) is 0 Å². The fourth-order valence-corrected chi connectivity index (χ4v) is 18.2. The average Bonchev–Trinajstić information content (AvgIpc) is 1.67. The smallest absolute Gasteiger partial charge is 0.343 e. The molecule has 2 unspecified atom stereocenters. The molecule has 8 fully saturated rings. The highest BCUT2D eigenvalue weighted by molar-refractivity contribution is 6.01. The lowest BCUT2D eigenvalue weighted by Gasteiger charge is -2.42. The Balaban J connectivity index is 1.10. The van der Waals surface area contributed by atoms with Crippen molar-refractivity contribution in [3.63, 3.8) is 0 Å². The zero-order valence-corrected chi connectivity index (χ0v) is 64.2. The van der Waals surface area contributed by atoms with Crippen molar-refractivity contribution in [3.8, 4) is 0 Å². The van der Waals surface area contributed by atoms with E-state index in [4.69, 9.17) is 0 Å². The van der Waals surface area contributed by atoms with Gasteiger partial charge in [-0.1, -0.05) is 70.9 Å². The van der Waals surface area contributed by atoms with E-state index in [0.717, 1.165) is 32.4 Å². The molecule has 9 rings (SSSR count). The molecule has 12 atom stereocenters. The van der Waals surface area contributed by atoms with Crippen LogP contribution in [0, 0.1) is 41.4 Å². The summed E-state index contributed by atoms with van der Waals surface area (Å²) >= 11 is 0. The van der Waals surface area contributed by atoms with Crippen molar-refractivity contribution in [1.29, 1.82) is 0 Å². The summed E-state index contributed by atoms with van der Waals surface area (Å²) in [6.07, 6.45) is -12.1. The van der Waals surface area contributed by atoms with Gasteiger partial charge in [0.2, 0.25) is 70.9 Å². The first kappa shape index (κ1) is 85.7. The number of likely N-dealkylation sites (tertiary alicyclic amines) is 1. The molecule has 9 aliphatic rings. The highest BCUT2D eigenvalue weighted by Gasteiger charge is 2.56. The van der Waals surface area contributed by atoms with Crippen molar-refractivity contribution in [2.75, 3.05) is 81.6 Å². The number of alkyl halides is 9. The molecule has 5 saturated carbocycles. The van der Waals surface area contributed by atoms with Gasteiger partial charge in [0, 0.05) is 68.3 Å². The van der Waals surface area contributed by atoms with E-state index in [0.29, 0.717) is 70.9 Å². The first-order chi connectivity index (χ1) is 51.3. The second kappa shape index (κ2) is 36.5. The number of halogens is 9. The summed E-state index contributed by atoms with van der Waals surface area (Å²) in [5.74, 6) is -17.1. The van der Waals surface area contributed by atoms with Gasteiger partial charge in [-0.25, -0.2) is 13.2 Å². The lowest BCUT2D eigenvalue weighted by atomic mass is 9.76. The van der Waals surface area contributed by atoms with Crippen LogP contribution in [0.2, 0.25) is 0 Å². The molecule has 4 aliphatic heterocycles. The molecule has 12 amide bonds. The van der Waals surface area contributed by atoms with Crippen LogP contribution in [0.1, 0.15) is 187 Å². The SMILES string of the molecule is CC[C@H](C)[C@@H]1NC(=O)[C@H](CC2CC2)N(C)C(=O)C[C@@H](C(=O)N2CCCC2)N(C)C(=O)[C@H](C2CCCC2)N(C)C(=O)C2(CCCC2)NC(=O)[C@@H]2C[C@@H](F)CN2C(=O)[C@H](CCC2CC(F)C(C(F)(F)F)C(F)C2)NC(=O)CN(C)C(=O)[C@H](CC2CCC(C(F)(F)F)CC2)N2CC/C=C\C[C@@H](C2=O)N(C)C(=O)CN(C)C1=O. The van der Waals surface area contributed by atoms with Gasteiger partial charge in [-0.3, -0.25) is 57.5 Å². The van der Waals surface area contributed by atoms with Gasteiger partial charge in [0.05, 0.1) is 32.0 Å². The average molecular weight is 1560 g/mol. The monoisotopic (exact) mass is 1560 g/mol. The largest absolute Gasteiger partial charge is 0.397 e. The Morgan fingerprint density at radius 3 is 1.75 bits per heavy atom. The number of rotatable bonds is 11. The molecule has 5 aliphatic carbocycles. The van der Waals surface area contributed by atoms with Crippen molar-refractivity contribution < 1.29 is 97.0 Å². The molecule has 0 aromatic carbocycles. The predicted molar refractivity (Wildman–Crippen MR) is 380 cm³/mol. The van der Waals surface area contributed by atoms with Gasteiger partial charge in [-0.05, 0) is 145 Å². The number of carbonyl (C=O) groups is 12. The van der Waals surface area contributed by atoms with E-state index in [1.54, 1.807) is 30.9 Å². The van der Waals surface area contributed by atoms with Gasteiger partial charge in [-0.2, -0.15) is 26.3 Å². The Bertz CT molecular complexity index is 3310. The highest BCUT2D eigenvalue weighted by Crippen LogP contribution is 2.46. The van der Waals surface area contributed by atoms with Gasteiger partial charge < -0.3 is 60.0 Å². The summed E-state index contributed by atoms with van der Waals surface area (Å²) < 4.78 is 131. The molecule has 612 valence electrons. The number of hydrogen-bond acceptors (Lipinski definition) is 12. The predicted octanol–water partition coefficient (Wildman–Crippen LogP) is 6.96. The number of fused-ring (bicyclic) bond motifs is 3. The summed E-state index contributed by atoms with van der Waals surface area (Å²) in [6, 6.07) is -11.7. The molecule has 2 bridgehead atoms. The molecule has 109 heavy (non-hydrogen) atoms. The first-order valence-corrected chi connectivity index (χ1v) is 39.4. The Morgan fingerprint density at radius 2 is 1.17 bits per heavy atom. The van der Waals surface area contributed by atoms with E-state index in [2.05, 4.69) is 16.0 Å². The van der Waals surface area contributed by atoms with Gasteiger partial charge in [0.15, 0.2) is 0 Å². The summed E-state index contributed by atoms with van der Waals surface area (Å²) in [6.45, 7) is 1.62. The number of amides is 12. The third-order valence-corrected chi connectivity index (χ3v) is 25.3. The Kier molecular flexibility index (Phi) is 28.7. The molecular formula is C76H113F9N12O12. The Labute approximate surface area is 632 Å². The maximum absolute atomic E-state index is 16.2. The molecule has 3 N–H and O–H groups in total. The highest BCUT2D eigenvalue weighted by atomic mass is 19.4. The van der Waals surface area contributed by atoms with E-state index < -0.39 is 249 Å². The molecule has 24 nitrogen and oxygen atoms in total. The molecule has 0 radical (unpaired) electrons. The van der Waals surface area contributed by atoms with Crippen molar-refractivity contribution in [2.45, 2.75) is 272 Å². The molecule has 4 heterocycles. The van der Waals surface area contributed by atoms with Crippen LogP contribution in [-0.2, 0) is 57.5 Å². The normalized spacial score (nSPS) is 33.3. The van der Waals surface area contributed by atoms with Crippen molar-refractivity contribution in [2.24, 2.45) is 41.4 Å². The van der Waals surface area contributed by atoms with Crippen LogP contribution in [0.4, 0.5) is 39.5 Å². The minimum Gasteiger partial charge on any atom is -0.343 e. The van der Waals surface area contributed by atoms with E-state index >= 15 is 46.7 Å². The van der Waals surface area contributed by atoms with Crippen LogP contribution >= 0.6 is 0 Å². The number of likely N-dealkylation sites (N-methyl/N-ethyl adjacent to an activating group) is 6. The minimum atomic E-state index is -5.24. The zero-order valence-electron chi connectivity index (χ0n) is 64.2. The maximum atomic E-state index is 16.2. The summed E-state index contributed by atoms with van der Waals surface area (Å²) in [5, 5.41) is 8.29. The van der Waals surface area contributed by atoms with Crippen LogP contribution in [-0.4, -0.2) is 281 Å². The maximum Gasteiger partial charge on any atom is 0.397 e. The number of hydrogen-bond donors (Lipinski definition) is 3. The van der Waals surface area contributed by atoms with E-state index in [-0.39, 0.29) is 76.7 Å². The molecular weight excluding hydrogens is 1440 g/mol. The number of nitrogens with zero attached hydrogens (tertiary/aromatic N) is 9. The zero-order chi connectivity index (χ0) is 79.9. The van der Waals surface area contributed by atoms with Crippen molar-refractivity contribution in [3.05, 3.63) is 12.2 Å². The summed E-state index contributed by atoms with van der Waals surface area (Å²) in [4.78, 5) is 192. The van der Waals surface area contributed by atoms with E-state index in [1.807, 2.05) is 0 Å². The van der Waals surface area contributed by atoms with Gasteiger partial charge in [0.25, 0.3) is 0 Å². The molecule has 1 spiro atoms. The lowest BCUT2D eigenvalue weighted by molar-refractivity contribution is -0.219. The fourth-order valence-electron chi connectivity index (χ4n) is 18.2. The van der Waals surface area contributed by atoms with Gasteiger partial charge in [-0.15, -0.1) is 0 Å². The number of carbonyl (C=O) groups excluding carboxylic acids is 12. The van der Waals surface area contributed by atoms with Crippen molar-refractivity contribution >= 4 is 70.9 Å². The fraction of sp³-hybridized carbons (Fsp3) is 0.816. The molecule has 0 aromatic rings. The summed E-state index contributed by atoms with van der Waals surface area (Å²) in [7, 11) is 8.03. The Morgan fingerprint density at radius 1 is 0.569 bits per heavy atom.